The van der Waals surface area contributed by atoms with Crippen LogP contribution < -0.4 is 10.6 Å². The molecule has 0 fully saturated rings. The molecule has 39 heavy (non-hydrogen) atoms. The van der Waals surface area contributed by atoms with Crippen LogP contribution in [0.4, 0.5) is 9.59 Å². The molecule has 228 valence electrons. The predicted molar refractivity (Wildman–Crippen MR) is 176 cm³/mol. The molecule has 0 aromatic rings. The number of aliphatic hydroxyl groups excluding tert-OH is 2. The van der Waals surface area contributed by atoms with Gasteiger partial charge in [-0.2, -0.15) is 28.4 Å². The number of aliphatic imine (C=N–C) groups is 2. The third-order valence-electron chi connectivity index (χ3n) is 3.24. The van der Waals surface area contributed by atoms with Gasteiger partial charge in [0.2, 0.25) is 6.40 Å². The number of nitrogens with zero attached hydrogens (tertiary/aromatic N) is 2. The maximum absolute atomic E-state index is 11.9. The van der Waals surface area contributed by atoms with Crippen molar-refractivity contribution in [1.29, 1.82) is 0 Å². The van der Waals surface area contributed by atoms with Crippen LogP contribution in [0.25, 0.3) is 0 Å². The first-order valence-corrected chi connectivity index (χ1v) is 20.5. The minimum absolute atomic E-state index is 0.0180. The standard InChI is InChI=1S/C19H36N4O8S8/c24-1-3-29-18(26)22-12-36-17-35-11-21-14-39(28)8-7-33-15-32-5-6-38-19(27)23-13-37-16-34-10-20-9-31-30-4-2-25/h9,14,24-25H,1-8,10-13,15-17H2,(H,22,26)(H,23,27)/b20-9?,21-14-. The maximum Gasteiger partial charge on any atom is 0.407 e. The summed E-state index contributed by atoms with van der Waals surface area (Å²) in [5.41, 5.74) is 1.49. The number of nitrogens with one attached hydrogen (secondary N) is 2. The van der Waals surface area contributed by atoms with Gasteiger partial charge in [-0.3, -0.25) is 14.0 Å². The lowest BCUT2D eigenvalue weighted by Gasteiger charge is -2.05. The highest BCUT2D eigenvalue weighted by Crippen LogP contribution is 2.15. The zero-order valence-electron chi connectivity index (χ0n) is 21.3. The molecule has 0 aromatic heterocycles. The molecular formula is C19H36N4O8S8. The highest BCUT2D eigenvalue weighted by atomic mass is 32.2. The number of hydrogen-bond acceptors (Lipinski definition) is 17. The predicted octanol–water partition coefficient (Wildman–Crippen LogP) is 3.00. The smallest absolute Gasteiger partial charge is 0.407 e. The van der Waals surface area contributed by atoms with Crippen LogP contribution in [0.15, 0.2) is 9.98 Å². The number of rotatable bonds is 27. The van der Waals surface area contributed by atoms with Gasteiger partial charge >= 0.3 is 6.09 Å². The third kappa shape index (κ3) is 32.7. The van der Waals surface area contributed by atoms with Crippen molar-refractivity contribution in [3.63, 3.8) is 0 Å². The Bertz CT molecular complexity index is 685. The van der Waals surface area contributed by atoms with Gasteiger partial charge in [-0.1, -0.05) is 11.8 Å². The van der Waals surface area contributed by atoms with Crippen LogP contribution in [0.1, 0.15) is 0 Å². The van der Waals surface area contributed by atoms with Gasteiger partial charge in [0.1, 0.15) is 13.2 Å². The van der Waals surface area contributed by atoms with Crippen molar-refractivity contribution in [2.45, 2.75) is 0 Å². The summed E-state index contributed by atoms with van der Waals surface area (Å²) in [6, 6.07) is 0. The molecule has 4 N–H and O–H groups in total. The first-order chi connectivity index (χ1) is 19.1. The van der Waals surface area contributed by atoms with E-state index in [1.165, 1.54) is 35.5 Å². The van der Waals surface area contributed by atoms with Gasteiger partial charge in [-0.05, 0) is 0 Å². The second-order valence-electron chi connectivity index (χ2n) is 6.19. The number of hydrogen-bond donors (Lipinski definition) is 4. The fourth-order valence-electron chi connectivity index (χ4n) is 1.70. The Kier molecular flexibility index (Phi) is 33.2. The third-order valence-corrected chi connectivity index (χ3v) is 11.9. The molecule has 0 bridgehead atoms. The Balaban J connectivity index is 3.39. The summed E-state index contributed by atoms with van der Waals surface area (Å²) in [6.07, 6.45) is 0.638. The van der Waals surface area contributed by atoms with E-state index < -0.39 is 16.9 Å². The van der Waals surface area contributed by atoms with Crippen molar-refractivity contribution in [2.24, 2.45) is 9.98 Å². The number of carbonyl (C=O) groups excluding carboxylic acids is 2. The topological polar surface area (TPSA) is 168 Å². The maximum atomic E-state index is 11.9. The van der Waals surface area contributed by atoms with Crippen molar-refractivity contribution in [3.05, 3.63) is 0 Å². The van der Waals surface area contributed by atoms with Crippen LogP contribution in [-0.4, -0.2) is 126 Å². The SMILES string of the molecule is O=C(NCSCSC/N=C\S(=O)CCSCSCCSC(=O)NCSCSCN=COOCCO)OCCO. The molecule has 0 aliphatic heterocycles. The molecule has 0 heterocycles. The van der Waals surface area contributed by atoms with Gasteiger partial charge in [-0.15, -0.1) is 47.0 Å². The number of aliphatic hydroxyl groups is 2. The zero-order chi connectivity index (χ0) is 28.7. The summed E-state index contributed by atoms with van der Waals surface area (Å²) >= 11 is 11.0. The Hall–Kier alpha value is 0.360. The van der Waals surface area contributed by atoms with E-state index in [0.717, 1.165) is 32.5 Å². The van der Waals surface area contributed by atoms with Crippen molar-refractivity contribution in [1.82, 2.24) is 10.6 Å². The van der Waals surface area contributed by atoms with Crippen molar-refractivity contribution in [2.75, 3.05) is 88.2 Å². The Morgan fingerprint density at radius 3 is 2.23 bits per heavy atom. The molecule has 0 aromatic carbocycles. The highest BCUT2D eigenvalue weighted by molar-refractivity contribution is 8.18. The van der Waals surface area contributed by atoms with E-state index in [9.17, 15) is 13.8 Å². The van der Waals surface area contributed by atoms with Crippen LogP contribution in [0, 0.1) is 0 Å². The van der Waals surface area contributed by atoms with Crippen molar-refractivity contribution < 1.29 is 38.5 Å². The van der Waals surface area contributed by atoms with E-state index in [4.69, 9.17) is 10.2 Å². The summed E-state index contributed by atoms with van der Waals surface area (Å²) < 4.78 is 16.6. The number of alkyl carbamates (subject to hydrolysis) is 1. The largest absolute Gasteiger partial charge is 0.447 e. The monoisotopic (exact) mass is 704 g/mol. The summed E-state index contributed by atoms with van der Waals surface area (Å²) in [6.45, 7) is -0.224. The lowest BCUT2D eigenvalue weighted by Crippen LogP contribution is -2.24. The zero-order valence-corrected chi connectivity index (χ0v) is 27.8. The Labute approximate surface area is 262 Å². The van der Waals surface area contributed by atoms with Gasteiger partial charge in [0.15, 0.2) is 0 Å². The highest BCUT2D eigenvalue weighted by Gasteiger charge is 2.02. The lowest BCUT2D eigenvalue weighted by molar-refractivity contribution is -0.221. The second-order valence-corrected chi connectivity index (χ2v) is 15.8. The number of ether oxygens (including phenoxy) is 1. The summed E-state index contributed by atoms with van der Waals surface area (Å²) in [5, 5.41) is 24.8. The number of carbonyl (C=O) groups is 2. The molecule has 12 nitrogen and oxygen atoms in total. The molecule has 0 rings (SSSR count). The van der Waals surface area contributed by atoms with E-state index in [0.29, 0.717) is 29.3 Å². The molecule has 0 spiro atoms. The summed E-state index contributed by atoms with van der Waals surface area (Å²) in [4.78, 5) is 40.2. The lowest BCUT2D eigenvalue weighted by atomic mass is 10.8. The van der Waals surface area contributed by atoms with Crippen LogP contribution in [0.5, 0.6) is 0 Å². The van der Waals surface area contributed by atoms with Crippen LogP contribution in [0.3, 0.4) is 0 Å². The summed E-state index contributed by atoms with van der Waals surface area (Å²) in [7, 11) is -1.08. The van der Waals surface area contributed by atoms with Crippen LogP contribution >= 0.6 is 82.3 Å². The number of amides is 2. The number of thioether (sulfide) groups is 7. The first kappa shape index (κ1) is 39.4. The molecule has 0 saturated carbocycles. The molecule has 1 atom stereocenters. The first-order valence-electron chi connectivity index (χ1n) is 11.2. The average molecular weight is 705 g/mol. The molecule has 0 saturated heterocycles. The molecular weight excluding hydrogens is 669 g/mol. The Morgan fingerprint density at radius 2 is 1.49 bits per heavy atom. The van der Waals surface area contributed by atoms with Crippen molar-refractivity contribution in [3.8, 4) is 0 Å². The second kappa shape index (κ2) is 32.9. The molecule has 0 radical (unpaired) electrons. The minimum atomic E-state index is -1.08. The van der Waals surface area contributed by atoms with Crippen LogP contribution in [0.2, 0.25) is 0 Å². The van der Waals surface area contributed by atoms with Gasteiger partial charge in [0, 0.05) is 38.3 Å². The van der Waals surface area contributed by atoms with Gasteiger partial charge in [0.05, 0.1) is 53.1 Å². The van der Waals surface area contributed by atoms with E-state index in [-0.39, 0.29) is 31.7 Å². The van der Waals surface area contributed by atoms with E-state index in [2.05, 4.69) is 35.1 Å². The average Bonchev–Trinajstić information content (AvgIpc) is 2.93. The van der Waals surface area contributed by atoms with E-state index >= 15 is 0 Å². The quantitative estimate of drug-likeness (QED) is 0.0246. The molecule has 0 aliphatic carbocycles. The summed E-state index contributed by atoms with van der Waals surface area (Å²) in [5.74, 6) is 4.93. The van der Waals surface area contributed by atoms with E-state index in [1.54, 1.807) is 58.8 Å². The van der Waals surface area contributed by atoms with Gasteiger partial charge < -0.3 is 30.5 Å². The minimum Gasteiger partial charge on any atom is -0.447 e. The Morgan fingerprint density at radius 1 is 0.821 bits per heavy atom. The normalized spacial score (nSPS) is 12.2. The molecule has 20 heteroatoms. The van der Waals surface area contributed by atoms with Gasteiger partial charge in [-0.25, -0.2) is 9.79 Å². The molecule has 1 unspecified atom stereocenters. The molecule has 2 amide bonds. The fourth-order valence-corrected chi connectivity index (χ4v) is 8.94. The van der Waals surface area contributed by atoms with Gasteiger partial charge in [0.25, 0.3) is 5.24 Å². The molecule has 0 aliphatic rings. The fraction of sp³-hybridized carbons (Fsp3) is 0.789. The van der Waals surface area contributed by atoms with E-state index in [1.807, 2.05) is 0 Å². The van der Waals surface area contributed by atoms with Crippen molar-refractivity contribution >= 4 is 116 Å². The van der Waals surface area contributed by atoms with Crippen LogP contribution in [-0.2, 0) is 25.3 Å².